The standard InChI is InChI=1S/C11H14ClN3O/c1-7(16-2)6-15-10-8(12)4-3-5-9(10)14-11(15)13/h3-5,7H,6H2,1-2H3,(H2,13,14). The minimum Gasteiger partial charge on any atom is -0.380 e. The number of anilines is 1. The van der Waals surface area contributed by atoms with E-state index in [-0.39, 0.29) is 6.10 Å². The normalized spacial score (nSPS) is 13.2. The smallest absolute Gasteiger partial charge is 0.201 e. The van der Waals surface area contributed by atoms with Crippen LogP contribution in [0.1, 0.15) is 6.92 Å². The fraction of sp³-hybridized carbons (Fsp3) is 0.364. The molecule has 1 aromatic heterocycles. The number of hydrogen-bond acceptors (Lipinski definition) is 3. The molecule has 86 valence electrons. The molecule has 1 aromatic carbocycles. The Morgan fingerprint density at radius 2 is 2.31 bits per heavy atom. The Balaban J connectivity index is 2.54. The molecule has 0 spiro atoms. The fourth-order valence-electron chi connectivity index (χ4n) is 1.68. The number of aromatic nitrogens is 2. The zero-order chi connectivity index (χ0) is 11.7. The summed E-state index contributed by atoms with van der Waals surface area (Å²) >= 11 is 6.14. The lowest BCUT2D eigenvalue weighted by atomic mass is 10.3. The van der Waals surface area contributed by atoms with E-state index in [2.05, 4.69) is 4.98 Å². The molecular weight excluding hydrogens is 226 g/mol. The number of methoxy groups -OCH3 is 1. The van der Waals surface area contributed by atoms with Gasteiger partial charge in [0.05, 0.1) is 28.7 Å². The number of ether oxygens (including phenoxy) is 1. The van der Waals surface area contributed by atoms with Gasteiger partial charge in [0.15, 0.2) is 0 Å². The highest BCUT2D eigenvalue weighted by atomic mass is 35.5. The lowest BCUT2D eigenvalue weighted by Gasteiger charge is -2.12. The van der Waals surface area contributed by atoms with E-state index in [1.54, 1.807) is 7.11 Å². The molecule has 0 bridgehead atoms. The van der Waals surface area contributed by atoms with Gasteiger partial charge in [0.1, 0.15) is 0 Å². The van der Waals surface area contributed by atoms with Crippen molar-refractivity contribution in [2.45, 2.75) is 19.6 Å². The summed E-state index contributed by atoms with van der Waals surface area (Å²) in [6.07, 6.45) is 0.0657. The minimum absolute atomic E-state index is 0.0657. The summed E-state index contributed by atoms with van der Waals surface area (Å²) in [6, 6.07) is 5.59. The van der Waals surface area contributed by atoms with Crippen LogP contribution in [0.5, 0.6) is 0 Å². The van der Waals surface area contributed by atoms with Crippen molar-refractivity contribution in [1.29, 1.82) is 0 Å². The third-order valence-corrected chi connectivity index (χ3v) is 2.89. The highest BCUT2D eigenvalue weighted by Crippen LogP contribution is 2.25. The molecule has 0 aliphatic rings. The van der Waals surface area contributed by atoms with E-state index in [0.717, 1.165) is 11.0 Å². The Hall–Kier alpha value is -1.26. The molecule has 2 aromatic rings. The monoisotopic (exact) mass is 239 g/mol. The Morgan fingerprint density at radius 3 is 3.00 bits per heavy atom. The zero-order valence-electron chi connectivity index (χ0n) is 9.27. The molecule has 2 N–H and O–H groups in total. The summed E-state index contributed by atoms with van der Waals surface area (Å²) in [4.78, 5) is 4.26. The number of hydrogen-bond donors (Lipinski definition) is 1. The second kappa shape index (κ2) is 4.31. The fourth-order valence-corrected chi connectivity index (χ4v) is 1.95. The van der Waals surface area contributed by atoms with Crippen LogP contribution in [0.15, 0.2) is 18.2 Å². The van der Waals surface area contributed by atoms with Crippen LogP contribution in [0.3, 0.4) is 0 Å². The topological polar surface area (TPSA) is 53.1 Å². The Bertz CT molecular complexity index is 509. The highest BCUT2D eigenvalue weighted by Gasteiger charge is 2.13. The number of para-hydroxylation sites is 1. The molecule has 1 unspecified atom stereocenters. The Morgan fingerprint density at radius 1 is 1.56 bits per heavy atom. The van der Waals surface area contributed by atoms with Gasteiger partial charge in [-0.3, -0.25) is 0 Å². The van der Waals surface area contributed by atoms with E-state index < -0.39 is 0 Å². The molecule has 0 fully saturated rings. The maximum absolute atomic E-state index is 6.14. The van der Waals surface area contributed by atoms with E-state index in [4.69, 9.17) is 22.1 Å². The molecule has 1 heterocycles. The maximum atomic E-state index is 6.14. The number of benzene rings is 1. The van der Waals surface area contributed by atoms with Crippen molar-refractivity contribution in [1.82, 2.24) is 9.55 Å². The number of imidazole rings is 1. The van der Waals surface area contributed by atoms with Crippen molar-refractivity contribution >= 4 is 28.6 Å². The first kappa shape index (κ1) is 11.2. The van der Waals surface area contributed by atoms with E-state index in [1.165, 1.54) is 0 Å². The molecule has 0 aliphatic carbocycles. The summed E-state index contributed by atoms with van der Waals surface area (Å²) in [5.74, 6) is 0.465. The van der Waals surface area contributed by atoms with Crippen molar-refractivity contribution in [3.63, 3.8) is 0 Å². The summed E-state index contributed by atoms with van der Waals surface area (Å²) < 4.78 is 7.10. The predicted molar refractivity (Wildman–Crippen MR) is 65.6 cm³/mol. The molecule has 4 nitrogen and oxygen atoms in total. The third kappa shape index (κ3) is 1.86. The van der Waals surface area contributed by atoms with Crippen LogP contribution in [0.2, 0.25) is 5.02 Å². The molecule has 0 saturated heterocycles. The van der Waals surface area contributed by atoms with E-state index in [1.807, 2.05) is 29.7 Å². The molecule has 16 heavy (non-hydrogen) atoms. The zero-order valence-corrected chi connectivity index (χ0v) is 10.0. The lowest BCUT2D eigenvalue weighted by molar-refractivity contribution is 0.105. The molecule has 0 saturated carbocycles. The summed E-state index contributed by atoms with van der Waals surface area (Å²) in [5.41, 5.74) is 7.54. The van der Waals surface area contributed by atoms with Crippen molar-refractivity contribution in [2.24, 2.45) is 0 Å². The minimum atomic E-state index is 0.0657. The predicted octanol–water partition coefficient (Wildman–Crippen LogP) is 2.31. The second-order valence-corrected chi connectivity index (χ2v) is 4.14. The molecule has 0 aliphatic heterocycles. The van der Waals surface area contributed by atoms with Gasteiger partial charge in [-0.25, -0.2) is 4.98 Å². The van der Waals surface area contributed by atoms with Gasteiger partial charge in [0, 0.05) is 7.11 Å². The average molecular weight is 240 g/mol. The summed E-state index contributed by atoms with van der Waals surface area (Å²) in [6.45, 7) is 2.62. The first-order chi connectivity index (χ1) is 7.63. The Kier molecular flexibility index (Phi) is 3.03. The quantitative estimate of drug-likeness (QED) is 0.894. The van der Waals surface area contributed by atoms with Gasteiger partial charge >= 0.3 is 0 Å². The number of nitrogens with zero attached hydrogens (tertiary/aromatic N) is 2. The highest BCUT2D eigenvalue weighted by molar-refractivity contribution is 6.35. The van der Waals surface area contributed by atoms with Crippen LogP contribution < -0.4 is 5.73 Å². The van der Waals surface area contributed by atoms with Crippen molar-refractivity contribution in [2.75, 3.05) is 12.8 Å². The second-order valence-electron chi connectivity index (χ2n) is 3.73. The van der Waals surface area contributed by atoms with Crippen molar-refractivity contribution < 1.29 is 4.74 Å². The first-order valence-corrected chi connectivity index (χ1v) is 5.44. The van der Waals surface area contributed by atoms with Crippen LogP contribution in [-0.4, -0.2) is 22.8 Å². The van der Waals surface area contributed by atoms with Crippen LogP contribution in [0.4, 0.5) is 5.95 Å². The molecule has 2 rings (SSSR count). The third-order valence-electron chi connectivity index (χ3n) is 2.59. The van der Waals surface area contributed by atoms with Crippen molar-refractivity contribution in [3.05, 3.63) is 23.2 Å². The number of halogens is 1. The van der Waals surface area contributed by atoms with Gasteiger partial charge in [0.2, 0.25) is 5.95 Å². The van der Waals surface area contributed by atoms with Crippen LogP contribution >= 0.6 is 11.6 Å². The molecule has 0 radical (unpaired) electrons. The number of rotatable bonds is 3. The number of nitrogen functional groups attached to an aromatic ring is 1. The van der Waals surface area contributed by atoms with Crippen molar-refractivity contribution in [3.8, 4) is 0 Å². The van der Waals surface area contributed by atoms with Gasteiger partial charge in [-0.1, -0.05) is 17.7 Å². The van der Waals surface area contributed by atoms with Gasteiger partial charge in [0.25, 0.3) is 0 Å². The van der Waals surface area contributed by atoms with Gasteiger partial charge in [-0.2, -0.15) is 0 Å². The largest absolute Gasteiger partial charge is 0.380 e. The number of fused-ring (bicyclic) bond motifs is 1. The van der Waals surface area contributed by atoms with Gasteiger partial charge in [-0.15, -0.1) is 0 Å². The SMILES string of the molecule is COC(C)Cn1c(N)nc2cccc(Cl)c21. The summed E-state index contributed by atoms with van der Waals surface area (Å²) in [5, 5.41) is 0.657. The van der Waals surface area contributed by atoms with E-state index in [0.29, 0.717) is 17.5 Å². The van der Waals surface area contributed by atoms with Gasteiger partial charge < -0.3 is 15.0 Å². The first-order valence-electron chi connectivity index (χ1n) is 5.06. The maximum Gasteiger partial charge on any atom is 0.201 e. The molecule has 1 atom stereocenters. The molecular formula is C11H14ClN3O. The summed E-state index contributed by atoms with van der Waals surface area (Å²) in [7, 11) is 1.67. The van der Waals surface area contributed by atoms with E-state index in [9.17, 15) is 0 Å². The van der Waals surface area contributed by atoms with E-state index >= 15 is 0 Å². The molecule has 0 amide bonds. The van der Waals surface area contributed by atoms with Crippen LogP contribution in [0, 0.1) is 0 Å². The van der Waals surface area contributed by atoms with Crippen LogP contribution in [-0.2, 0) is 11.3 Å². The number of nitrogens with two attached hydrogens (primary N) is 1. The van der Waals surface area contributed by atoms with Crippen LogP contribution in [0.25, 0.3) is 11.0 Å². The Labute approximate surface area is 99.0 Å². The molecule has 5 heteroatoms. The average Bonchev–Trinajstić information content (AvgIpc) is 2.56. The lowest BCUT2D eigenvalue weighted by Crippen LogP contribution is -2.16. The van der Waals surface area contributed by atoms with Gasteiger partial charge in [-0.05, 0) is 19.1 Å².